The van der Waals surface area contributed by atoms with Crippen LogP contribution < -0.4 is 4.74 Å². The van der Waals surface area contributed by atoms with Crippen molar-refractivity contribution in [3.63, 3.8) is 0 Å². The number of benzene rings is 1. The van der Waals surface area contributed by atoms with Crippen LogP contribution in [0.15, 0.2) is 29.4 Å². The molecule has 0 bridgehead atoms. The molecule has 0 aliphatic rings. The Kier molecular flexibility index (Phi) is 5.27. The number of nitrogens with zero attached hydrogens (tertiary/aromatic N) is 3. The molecule has 1 aromatic carbocycles. The maximum atomic E-state index is 5.61. The van der Waals surface area contributed by atoms with Gasteiger partial charge in [0.2, 0.25) is 4.77 Å². The summed E-state index contributed by atoms with van der Waals surface area (Å²) in [6.45, 7) is 6.11. The summed E-state index contributed by atoms with van der Waals surface area (Å²) in [6, 6.07) is 7.79. The molecule has 21 heavy (non-hydrogen) atoms. The van der Waals surface area contributed by atoms with E-state index in [0.29, 0.717) is 4.77 Å². The molecule has 0 aliphatic heterocycles. The average Bonchev–Trinajstić information content (AvgIpc) is 2.79. The second-order valence-corrected chi connectivity index (χ2v) is 5.37. The highest BCUT2D eigenvalue weighted by atomic mass is 32.1. The Morgan fingerprint density at radius 2 is 2.10 bits per heavy atom. The molecule has 1 heterocycles. The summed E-state index contributed by atoms with van der Waals surface area (Å²) in [5.41, 5.74) is 0.983. The standard InChI is InChI=1S/C15H20N4OS/c1-4-5-14-17-18-15(21)19(14)16-10-12-6-8-13(9-7-12)20-11(2)3/h6-11H,4-5H2,1-3H3,(H,18,21)/b16-10-. The van der Waals surface area contributed by atoms with Crippen molar-refractivity contribution < 1.29 is 4.74 Å². The first-order chi connectivity index (χ1) is 10.1. The molecule has 1 N–H and O–H groups in total. The van der Waals surface area contributed by atoms with Crippen molar-refractivity contribution in [1.29, 1.82) is 0 Å². The van der Waals surface area contributed by atoms with Crippen LogP contribution in [0.4, 0.5) is 0 Å². The third kappa shape index (κ3) is 4.26. The van der Waals surface area contributed by atoms with Gasteiger partial charge < -0.3 is 4.74 Å². The molecule has 0 unspecified atom stereocenters. The summed E-state index contributed by atoms with van der Waals surface area (Å²) in [6.07, 6.45) is 3.77. The summed E-state index contributed by atoms with van der Waals surface area (Å²) in [7, 11) is 0. The van der Waals surface area contributed by atoms with E-state index >= 15 is 0 Å². The molecule has 5 nitrogen and oxygen atoms in total. The molecule has 0 atom stereocenters. The molecule has 0 fully saturated rings. The van der Waals surface area contributed by atoms with Gasteiger partial charge in [-0.2, -0.15) is 14.9 Å². The van der Waals surface area contributed by atoms with Crippen LogP contribution in [-0.4, -0.2) is 27.2 Å². The van der Waals surface area contributed by atoms with Gasteiger partial charge in [-0.3, -0.25) is 5.10 Å². The molecule has 0 saturated carbocycles. The average molecular weight is 304 g/mol. The molecule has 2 aromatic rings. The number of aromatic nitrogens is 3. The van der Waals surface area contributed by atoms with Crippen molar-refractivity contribution in [3.05, 3.63) is 40.4 Å². The smallest absolute Gasteiger partial charge is 0.216 e. The number of aryl methyl sites for hydroxylation is 1. The van der Waals surface area contributed by atoms with Gasteiger partial charge in [0.15, 0.2) is 5.82 Å². The lowest BCUT2D eigenvalue weighted by Gasteiger charge is -2.09. The molecular weight excluding hydrogens is 284 g/mol. The SMILES string of the molecule is CCCc1n[nH]c(=S)n1/N=C\c1ccc(OC(C)C)cc1. The van der Waals surface area contributed by atoms with Gasteiger partial charge in [-0.25, -0.2) is 0 Å². The molecule has 0 spiro atoms. The lowest BCUT2D eigenvalue weighted by molar-refractivity contribution is 0.242. The molecule has 0 aliphatic carbocycles. The zero-order chi connectivity index (χ0) is 15.2. The maximum absolute atomic E-state index is 5.61. The Morgan fingerprint density at radius 3 is 2.71 bits per heavy atom. The van der Waals surface area contributed by atoms with Crippen molar-refractivity contribution in [2.45, 2.75) is 39.7 Å². The van der Waals surface area contributed by atoms with Crippen LogP contribution in [0.25, 0.3) is 0 Å². The summed E-state index contributed by atoms with van der Waals surface area (Å²) < 4.78 is 7.78. The first-order valence-corrected chi connectivity index (χ1v) is 7.48. The number of aromatic amines is 1. The van der Waals surface area contributed by atoms with E-state index in [1.807, 2.05) is 38.1 Å². The van der Waals surface area contributed by atoms with Gasteiger partial charge in [0.1, 0.15) is 5.75 Å². The highest BCUT2D eigenvalue weighted by Crippen LogP contribution is 2.13. The fraction of sp³-hybridized carbons (Fsp3) is 0.400. The third-order valence-corrected chi connectivity index (χ3v) is 3.03. The zero-order valence-electron chi connectivity index (χ0n) is 12.5. The second-order valence-electron chi connectivity index (χ2n) is 4.99. The highest BCUT2D eigenvalue weighted by Gasteiger charge is 2.03. The maximum Gasteiger partial charge on any atom is 0.216 e. The molecule has 1 aromatic heterocycles. The van der Waals surface area contributed by atoms with Crippen molar-refractivity contribution in [1.82, 2.24) is 14.9 Å². The predicted molar refractivity (Wildman–Crippen MR) is 86.6 cm³/mol. The van der Waals surface area contributed by atoms with Crippen LogP contribution in [0.2, 0.25) is 0 Å². The van der Waals surface area contributed by atoms with Crippen LogP contribution in [0, 0.1) is 4.77 Å². The zero-order valence-corrected chi connectivity index (χ0v) is 13.4. The summed E-state index contributed by atoms with van der Waals surface area (Å²) in [5.74, 6) is 1.70. The van der Waals surface area contributed by atoms with E-state index in [4.69, 9.17) is 17.0 Å². The number of ether oxygens (including phenoxy) is 1. The normalized spacial score (nSPS) is 11.4. The summed E-state index contributed by atoms with van der Waals surface area (Å²) in [4.78, 5) is 0. The van der Waals surface area contributed by atoms with E-state index in [1.165, 1.54) is 0 Å². The van der Waals surface area contributed by atoms with Crippen molar-refractivity contribution in [3.8, 4) is 5.75 Å². The number of rotatable bonds is 6. The van der Waals surface area contributed by atoms with Crippen LogP contribution in [0.1, 0.15) is 38.6 Å². The van der Waals surface area contributed by atoms with Gasteiger partial charge in [-0.1, -0.05) is 6.92 Å². The van der Waals surface area contributed by atoms with Gasteiger partial charge in [0.05, 0.1) is 12.3 Å². The van der Waals surface area contributed by atoms with Crippen molar-refractivity contribution in [2.24, 2.45) is 5.10 Å². The Labute approximate surface area is 129 Å². The van der Waals surface area contributed by atoms with Gasteiger partial charge in [-0.15, -0.1) is 0 Å². The lowest BCUT2D eigenvalue weighted by Crippen LogP contribution is -2.05. The number of nitrogens with one attached hydrogen (secondary N) is 1. The highest BCUT2D eigenvalue weighted by molar-refractivity contribution is 7.71. The van der Waals surface area contributed by atoms with Crippen LogP contribution >= 0.6 is 12.2 Å². The van der Waals surface area contributed by atoms with Gasteiger partial charge in [-0.05, 0) is 62.3 Å². The minimum atomic E-state index is 0.172. The van der Waals surface area contributed by atoms with Crippen LogP contribution in [-0.2, 0) is 6.42 Å². The van der Waals surface area contributed by atoms with Crippen molar-refractivity contribution in [2.75, 3.05) is 0 Å². The number of hydrogen-bond acceptors (Lipinski definition) is 4. The monoisotopic (exact) mass is 304 g/mol. The minimum absolute atomic E-state index is 0.172. The van der Waals surface area contributed by atoms with E-state index in [-0.39, 0.29) is 6.10 Å². The fourth-order valence-corrected chi connectivity index (χ4v) is 2.06. The minimum Gasteiger partial charge on any atom is -0.491 e. The summed E-state index contributed by atoms with van der Waals surface area (Å²) >= 11 is 5.18. The largest absolute Gasteiger partial charge is 0.491 e. The molecular formula is C15H20N4OS. The molecule has 6 heteroatoms. The van der Waals surface area contributed by atoms with E-state index in [1.54, 1.807) is 10.9 Å². The van der Waals surface area contributed by atoms with E-state index in [0.717, 1.165) is 30.0 Å². The third-order valence-electron chi connectivity index (χ3n) is 2.77. The van der Waals surface area contributed by atoms with Gasteiger partial charge in [0.25, 0.3) is 0 Å². The molecule has 112 valence electrons. The van der Waals surface area contributed by atoms with E-state index in [2.05, 4.69) is 22.2 Å². The first-order valence-electron chi connectivity index (χ1n) is 7.07. The summed E-state index contributed by atoms with van der Waals surface area (Å²) in [5, 5.41) is 11.3. The molecule has 0 saturated heterocycles. The van der Waals surface area contributed by atoms with E-state index in [9.17, 15) is 0 Å². The second kappa shape index (κ2) is 7.17. The Bertz CT molecular complexity index is 655. The lowest BCUT2D eigenvalue weighted by atomic mass is 10.2. The topological polar surface area (TPSA) is 55.2 Å². The quantitative estimate of drug-likeness (QED) is 0.656. The first kappa shape index (κ1) is 15.4. The fourth-order valence-electron chi connectivity index (χ4n) is 1.86. The Balaban J connectivity index is 2.14. The number of H-pyrrole nitrogens is 1. The number of hydrogen-bond donors (Lipinski definition) is 1. The van der Waals surface area contributed by atoms with E-state index < -0.39 is 0 Å². The Hall–Kier alpha value is -1.95. The van der Waals surface area contributed by atoms with Crippen LogP contribution in [0.5, 0.6) is 5.75 Å². The Morgan fingerprint density at radius 1 is 1.38 bits per heavy atom. The molecule has 0 amide bonds. The van der Waals surface area contributed by atoms with Gasteiger partial charge in [0, 0.05) is 6.42 Å². The molecule has 2 rings (SSSR count). The molecule has 0 radical (unpaired) electrons. The van der Waals surface area contributed by atoms with Crippen molar-refractivity contribution >= 4 is 18.4 Å². The predicted octanol–water partition coefficient (Wildman–Crippen LogP) is 3.56. The van der Waals surface area contributed by atoms with Gasteiger partial charge >= 0.3 is 0 Å². The van der Waals surface area contributed by atoms with Crippen LogP contribution in [0.3, 0.4) is 0 Å².